The second-order valence-electron chi connectivity index (χ2n) is 7.43. The lowest BCUT2D eigenvalue weighted by Crippen LogP contribution is -2.43. The lowest BCUT2D eigenvalue weighted by atomic mass is 9.64. The summed E-state index contributed by atoms with van der Waals surface area (Å²) < 4.78 is 10.9. The maximum Gasteiger partial charge on any atom is 0.341 e. The maximum absolute atomic E-state index is 13.9. The second kappa shape index (κ2) is 5.67. The molecule has 5 rings (SSSR count). The normalized spacial score (nSPS) is 32.3. The minimum atomic E-state index is -1.55. The summed E-state index contributed by atoms with van der Waals surface area (Å²) in [5.41, 5.74) is 6.10. The fourth-order valence-electron chi connectivity index (χ4n) is 5.19. The van der Waals surface area contributed by atoms with Crippen molar-refractivity contribution in [1.82, 2.24) is 0 Å². The molecule has 3 unspecified atom stereocenters. The molecule has 3 atom stereocenters. The van der Waals surface area contributed by atoms with Crippen molar-refractivity contribution < 1.29 is 23.9 Å². The molecule has 1 spiro atoms. The van der Waals surface area contributed by atoms with E-state index in [-0.39, 0.29) is 53.5 Å². The average Bonchev–Trinajstić information content (AvgIpc) is 3.16. The minimum absolute atomic E-state index is 0.00334. The second-order valence-corrected chi connectivity index (χ2v) is 7.43. The third kappa shape index (κ3) is 1.85. The number of Topliss-reactive ketones (excluding diaryl/α,β-unsaturated/α-hetero) is 2. The number of nitrogens with two attached hydrogens (primary N) is 1. The van der Waals surface area contributed by atoms with Crippen LogP contribution in [0, 0.1) is 17.3 Å². The van der Waals surface area contributed by atoms with Gasteiger partial charge in [0.05, 0.1) is 12.2 Å². The Labute approximate surface area is 161 Å². The van der Waals surface area contributed by atoms with Crippen LogP contribution in [0.1, 0.15) is 19.8 Å². The van der Waals surface area contributed by atoms with E-state index in [1.54, 1.807) is 13.0 Å². The first kappa shape index (κ1) is 17.0. The van der Waals surface area contributed by atoms with Crippen molar-refractivity contribution in [3.8, 4) is 0 Å². The Kier molecular flexibility index (Phi) is 3.44. The minimum Gasteiger partial charge on any atom is -0.462 e. The number of rotatable bonds is 2. The van der Waals surface area contributed by atoms with Gasteiger partial charge in [0, 0.05) is 30.3 Å². The van der Waals surface area contributed by atoms with Crippen LogP contribution < -0.4 is 5.73 Å². The van der Waals surface area contributed by atoms with Crippen molar-refractivity contribution in [2.24, 2.45) is 23.0 Å². The number of allylic oxidation sites excluding steroid dienone is 10. The molecule has 6 heteroatoms. The lowest BCUT2D eigenvalue weighted by Gasteiger charge is -2.37. The first-order chi connectivity index (χ1) is 13.5. The summed E-state index contributed by atoms with van der Waals surface area (Å²) >= 11 is 0. The maximum atomic E-state index is 13.9. The topological polar surface area (TPSA) is 95.7 Å². The van der Waals surface area contributed by atoms with Gasteiger partial charge in [0.2, 0.25) is 5.88 Å². The van der Waals surface area contributed by atoms with Crippen LogP contribution in [0.3, 0.4) is 0 Å². The monoisotopic (exact) mass is 377 g/mol. The molecule has 0 saturated heterocycles. The fraction of sp³-hybridized carbons (Fsp3) is 0.318. The number of carbonyl (C=O) groups is 3. The molecule has 1 fully saturated rings. The van der Waals surface area contributed by atoms with E-state index in [1.165, 1.54) is 0 Å². The van der Waals surface area contributed by atoms with Crippen molar-refractivity contribution >= 4 is 17.5 Å². The number of ether oxygens (including phenoxy) is 2. The summed E-state index contributed by atoms with van der Waals surface area (Å²) in [5, 5.41) is 0. The van der Waals surface area contributed by atoms with Crippen LogP contribution >= 0.6 is 0 Å². The SMILES string of the molecule is CCOC(=O)C1=C(N)OC2=C(C(=O)CC2)C12C(=O)C1=CC=CC3C=CC=C2C13. The first-order valence-electron chi connectivity index (χ1n) is 9.45. The summed E-state index contributed by atoms with van der Waals surface area (Å²) in [7, 11) is 0. The van der Waals surface area contributed by atoms with Crippen molar-refractivity contribution in [3.05, 3.63) is 70.4 Å². The molecule has 1 aliphatic heterocycles. The van der Waals surface area contributed by atoms with Crippen LogP contribution in [-0.4, -0.2) is 24.1 Å². The number of esters is 1. The highest BCUT2D eigenvalue weighted by molar-refractivity contribution is 6.22. The highest BCUT2D eigenvalue weighted by Crippen LogP contribution is 2.63. The number of fused-ring (bicyclic) bond motifs is 2. The van der Waals surface area contributed by atoms with E-state index >= 15 is 0 Å². The molecule has 4 aliphatic carbocycles. The van der Waals surface area contributed by atoms with Gasteiger partial charge < -0.3 is 15.2 Å². The van der Waals surface area contributed by atoms with Gasteiger partial charge in [-0.05, 0) is 12.5 Å². The lowest BCUT2D eigenvalue weighted by molar-refractivity contribution is -0.141. The van der Waals surface area contributed by atoms with Crippen molar-refractivity contribution in [3.63, 3.8) is 0 Å². The first-order valence-corrected chi connectivity index (χ1v) is 9.45. The zero-order chi connectivity index (χ0) is 19.6. The standard InChI is InChI=1S/C22H19NO5/c1-2-27-21(26)18-20(23)28-15-10-9-14(24)17(15)22(18)13-8-4-6-11-5-3-7-12(16(11)13)19(22)25/h3-8,11,16H,2,9-10,23H2,1H3. The van der Waals surface area contributed by atoms with Crippen LogP contribution in [0.25, 0.3) is 0 Å². The molecule has 0 aromatic carbocycles. The fourth-order valence-corrected chi connectivity index (χ4v) is 5.19. The van der Waals surface area contributed by atoms with E-state index < -0.39 is 11.4 Å². The van der Waals surface area contributed by atoms with Crippen LogP contribution in [0.15, 0.2) is 70.4 Å². The van der Waals surface area contributed by atoms with Gasteiger partial charge in [-0.15, -0.1) is 0 Å². The van der Waals surface area contributed by atoms with E-state index in [1.807, 2.05) is 30.4 Å². The quantitative estimate of drug-likeness (QED) is 0.741. The molecule has 1 saturated carbocycles. The summed E-state index contributed by atoms with van der Waals surface area (Å²) in [4.78, 5) is 39.8. The van der Waals surface area contributed by atoms with Gasteiger partial charge >= 0.3 is 5.97 Å². The number of hydrogen-bond acceptors (Lipinski definition) is 6. The zero-order valence-electron chi connectivity index (χ0n) is 15.4. The number of hydrogen-bond donors (Lipinski definition) is 1. The molecule has 0 bridgehead atoms. The Morgan fingerprint density at radius 3 is 2.75 bits per heavy atom. The van der Waals surface area contributed by atoms with Crippen molar-refractivity contribution in [2.75, 3.05) is 6.61 Å². The van der Waals surface area contributed by atoms with E-state index in [9.17, 15) is 14.4 Å². The third-order valence-corrected chi connectivity index (χ3v) is 6.15. The molecule has 5 aliphatic rings. The molecule has 0 radical (unpaired) electrons. The van der Waals surface area contributed by atoms with E-state index in [0.29, 0.717) is 23.3 Å². The Balaban J connectivity index is 1.85. The molecule has 2 N–H and O–H groups in total. The summed E-state index contributed by atoms with van der Waals surface area (Å²) in [6, 6.07) is 0. The predicted molar refractivity (Wildman–Crippen MR) is 99.1 cm³/mol. The van der Waals surface area contributed by atoms with Crippen LogP contribution in [0.5, 0.6) is 0 Å². The van der Waals surface area contributed by atoms with E-state index in [2.05, 4.69) is 0 Å². The number of carbonyl (C=O) groups excluding carboxylic acids is 3. The highest BCUT2D eigenvalue weighted by atomic mass is 16.5. The number of ketones is 2. The molecule has 28 heavy (non-hydrogen) atoms. The molecule has 6 nitrogen and oxygen atoms in total. The Morgan fingerprint density at radius 2 is 2.00 bits per heavy atom. The van der Waals surface area contributed by atoms with Gasteiger partial charge in [0.25, 0.3) is 0 Å². The smallest absolute Gasteiger partial charge is 0.341 e. The Bertz CT molecular complexity index is 1040. The molecule has 142 valence electrons. The van der Waals surface area contributed by atoms with Gasteiger partial charge in [-0.1, -0.05) is 36.5 Å². The van der Waals surface area contributed by atoms with Crippen LogP contribution in [-0.2, 0) is 23.9 Å². The van der Waals surface area contributed by atoms with Crippen molar-refractivity contribution in [2.45, 2.75) is 19.8 Å². The van der Waals surface area contributed by atoms with Gasteiger partial charge in [0.1, 0.15) is 16.7 Å². The third-order valence-electron chi connectivity index (χ3n) is 6.15. The van der Waals surface area contributed by atoms with Crippen LogP contribution in [0.4, 0.5) is 0 Å². The van der Waals surface area contributed by atoms with Gasteiger partial charge in [0.15, 0.2) is 11.6 Å². The van der Waals surface area contributed by atoms with Gasteiger partial charge in [-0.2, -0.15) is 0 Å². The predicted octanol–water partition coefficient (Wildman–Crippen LogP) is 2.16. The Morgan fingerprint density at radius 1 is 1.25 bits per heavy atom. The average molecular weight is 377 g/mol. The zero-order valence-corrected chi connectivity index (χ0v) is 15.4. The summed E-state index contributed by atoms with van der Waals surface area (Å²) in [6.07, 6.45) is 12.0. The summed E-state index contributed by atoms with van der Waals surface area (Å²) in [6.45, 7) is 1.80. The Hall–Kier alpha value is -3.15. The van der Waals surface area contributed by atoms with E-state index in [0.717, 1.165) is 0 Å². The largest absolute Gasteiger partial charge is 0.462 e. The summed E-state index contributed by atoms with van der Waals surface area (Å²) in [5.74, 6) is -1.17. The van der Waals surface area contributed by atoms with Crippen LogP contribution in [0.2, 0.25) is 0 Å². The van der Waals surface area contributed by atoms with E-state index in [4.69, 9.17) is 15.2 Å². The van der Waals surface area contributed by atoms with Gasteiger partial charge in [-0.25, -0.2) is 4.79 Å². The highest BCUT2D eigenvalue weighted by Gasteiger charge is 2.66. The molecule has 1 heterocycles. The molecule has 0 aromatic rings. The molecular weight excluding hydrogens is 358 g/mol. The molecule has 0 aromatic heterocycles. The van der Waals surface area contributed by atoms with Gasteiger partial charge in [-0.3, -0.25) is 9.59 Å². The molecular formula is C22H19NO5. The molecule has 0 amide bonds. The van der Waals surface area contributed by atoms with Crippen molar-refractivity contribution in [1.29, 1.82) is 0 Å².